The quantitative estimate of drug-likeness (QED) is 0.0451. The van der Waals surface area contributed by atoms with Gasteiger partial charge in [0, 0.05) is 48.7 Å². The minimum atomic E-state index is -3.52. The van der Waals surface area contributed by atoms with Gasteiger partial charge >= 0.3 is 37.7 Å². The molecule has 0 rings (SSSR count). The molecule has 0 heterocycles. The largest absolute Gasteiger partial charge is 2.00 e. The first kappa shape index (κ1) is 60.8. The second-order valence-electron chi connectivity index (χ2n) is 15.3. The number of carboxylic acids is 2. The molecule has 0 saturated carbocycles. The summed E-state index contributed by atoms with van der Waals surface area (Å²) in [6.07, 6.45) is 43.6. The molecule has 0 unspecified atom stereocenters. The Morgan fingerprint density at radius 3 is 0.825 bits per heavy atom. The fourth-order valence-electron chi connectivity index (χ4n) is 6.34. The van der Waals surface area contributed by atoms with E-state index in [-0.39, 0.29) is 63.7 Å². The van der Waals surface area contributed by atoms with Gasteiger partial charge in [0.05, 0.1) is 0 Å². The van der Waals surface area contributed by atoms with Gasteiger partial charge in [0.25, 0.3) is 0 Å². The van der Waals surface area contributed by atoms with E-state index < -0.39 is 32.0 Å². The molecule has 0 radical (unpaired) electrons. The zero-order valence-electron chi connectivity index (χ0n) is 36.6. The molecule has 0 atom stereocenters. The number of hydrogen-bond donors (Lipinski definition) is 2. The van der Waals surface area contributed by atoms with Crippen LogP contribution in [0.15, 0.2) is 23.0 Å². The first-order valence-corrected chi connectivity index (χ1v) is 25.8. The summed E-state index contributed by atoms with van der Waals surface area (Å²) in [5, 5.41) is 22.8. The number of rotatable bonds is 42. The molecule has 0 aliphatic rings. The Labute approximate surface area is 381 Å². The predicted octanol–water partition coefficient (Wildman–Crippen LogP) is 9.26. The normalized spacial score (nSPS) is 11.8. The van der Waals surface area contributed by atoms with Crippen molar-refractivity contribution < 1.29 is 36.6 Å². The second-order valence-corrected chi connectivity index (χ2v) is 18.6. The summed E-state index contributed by atoms with van der Waals surface area (Å²) in [4.78, 5) is 20.5. The van der Waals surface area contributed by atoms with Crippen molar-refractivity contribution in [2.45, 2.75) is 232 Å². The van der Waals surface area contributed by atoms with Crippen molar-refractivity contribution in [2.75, 3.05) is 13.1 Å². The van der Waals surface area contributed by atoms with E-state index in [1.807, 2.05) is 0 Å². The van der Waals surface area contributed by atoms with Gasteiger partial charge in [-0.25, -0.2) is 26.3 Å². The molecule has 0 aliphatic heterocycles. The maximum absolute atomic E-state index is 11.6. The van der Waals surface area contributed by atoms with Crippen LogP contribution in [-0.4, -0.2) is 79.6 Å². The van der Waals surface area contributed by atoms with Crippen molar-refractivity contribution in [1.29, 1.82) is 0 Å². The summed E-state index contributed by atoms with van der Waals surface area (Å²) in [6, 6.07) is 0. The van der Waals surface area contributed by atoms with E-state index in [0.717, 1.165) is 49.3 Å². The minimum Gasteiger partial charge on any atom is -0.550 e. The summed E-state index contributed by atoms with van der Waals surface area (Å²) in [5.74, 6) is -2.52. The Bertz CT molecular complexity index is 1070. The van der Waals surface area contributed by atoms with Crippen LogP contribution in [0.4, 0.5) is 0 Å². The first-order valence-electron chi connectivity index (χ1n) is 22.7. The Kier molecular flexibility index (Phi) is 49.7. The van der Waals surface area contributed by atoms with E-state index in [1.165, 1.54) is 167 Å². The number of allylic oxidation sites excluding steroid dienone is 2. The van der Waals surface area contributed by atoms with Gasteiger partial charge in [0.15, 0.2) is 0 Å². The second kappa shape index (κ2) is 46.6. The zero-order valence-corrected chi connectivity index (χ0v) is 40.4. The number of carbonyl (C=O) groups excluding carboxylic acids is 2. The van der Waals surface area contributed by atoms with Crippen LogP contribution in [0.1, 0.15) is 232 Å². The number of nitrogens with one attached hydrogen (secondary N) is 2. The van der Waals surface area contributed by atoms with Crippen molar-refractivity contribution in [3.63, 3.8) is 0 Å². The third-order valence-electron chi connectivity index (χ3n) is 9.76. The molecular weight excluding hydrogens is 789 g/mol. The molecule has 13 heteroatoms. The van der Waals surface area contributed by atoms with Crippen LogP contribution in [0, 0.1) is 0 Å². The summed E-state index contributed by atoms with van der Waals surface area (Å²) in [5.41, 5.74) is 0. The van der Waals surface area contributed by atoms with E-state index >= 15 is 0 Å². The Morgan fingerprint density at radius 2 is 0.614 bits per heavy atom. The molecule has 332 valence electrons. The minimum absolute atomic E-state index is 0. The molecule has 0 spiro atoms. The molecule has 0 aromatic heterocycles. The fraction of sp³-hybridized carbons (Fsp3) is 0.864. The van der Waals surface area contributed by atoms with Gasteiger partial charge < -0.3 is 19.8 Å². The number of sulfonamides is 2. The molecule has 0 bridgehead atoms. The van der Waals surface area contributed by atoms with Crippen molar-refractivity contribution in [2.24, 2.45) is 0 Å². The van der Waals surface area contributed by atoms with Crippen LogP contribution >= 0.6 is 0 Å². The molecule has 0 aromatic rings. The zero-order chi connectivity index (χ0) is 41.9. The van der Waals surface area contributed by atoms with Gasteiger partial charge in [-0.2, -0.15) is 0 Å². The molecule has 0 saturated heterocycles. The van der Waals surface area contributed by atoms with Crippen molar-refractivity contribution in [3.05, 3.63) is 23.0 Å². The average Bonchev–Trinajstić information content (AvgIpc) is 3.14. The standard InChI is InChI=1S/2C22H43NO4S.Ca/c2*1-2-3-4-5-6-7-8-9-10-11-12-13-14-15-16-17-18-21-28(26,27)23-20-19-22(24)25;/h2*18,21,23H,2-17,19-20H2,1H3,(H,24,25);/q;;+2/p-2/b2*21-18+;. The smallest absolute Gasteiger partial charge is 0.550 e. The van der Waals surface area contributed by atoms with Gasteiger partial charge in [0.1, 0.15) is 0 Å². The molecule has 57 heavy (non-hydrogen) atoms. The van der Waals surface area contributed by atoms with Crippen LogP contribution < -0.4 is 19.7 Å². The van der Waals surface area contributed by atoms with Gasteiger partial charge in [-0.05, 0) is 25.7 Å². The number of carboxylic acid groups (broad SMARTS) is 2. The van der Waals surface area contributed by atoms with Crippen LogP contribution in [0.3, 0.4) is 0 Å². The maximum Gasteiger partial charge on any atom is 2.00 e. The van der Waals surface area contributed by atoms with E-state index in [9.17, 15) is 36.6 Å². The molecule has 2 N–H and O–H groups in total. The maximum atomic E-state index is 11.6. The van der Waals surface area contributed by atoms with Gasteiger partial charge in [-0.1, -0.05) is 206 Å². The third kappa shape index (κ3) is 55.5. The topological polar surface area (TPSA) is 173 Å². The molecular formula is C44H84CaN2O8S2. The van der Waals surface area contributed by atoms with E-state index in [0.29, 0.717) is 0 Å². The Balaban J connectivity index is -0.00000101. The number of aliphatic carboxylic acids is 2. The fourth-order valence-corrected chi connectivity index (χ4v) is 8.09. The van der Waals surface area contributed by atoms with Crippen molar-refractivity contribution in [1.82, 2.24) is 9.44 Å². The molecule has 10 nitrogen and oxygen atoms in total. The Morgan fingerprint density at radius 1 is 0.404 bits per heavy atom. The van der Waals surface area contributed by atoms with E-state index in [1.54, 1.807) is 12.2 Å². The van der Waals surface area contributed by atoms with Crippen LogP contribution in [0.25, 0.3) is 0 Å². The molecule has 0 amide bonds. The summed E-state index contributed by atoms with van der Waals surface area (Å²) >= 11 is 0. The van der Waals surface area contributed by atoms with Gasteiger partial charge in [0.2, 0.25) is 20.0 Å². The summed E-state index contributed by atoms with van der Waals surface area (Å²) < 4.78 is 50.7. The average molecular weight is 873 g/mol. The third-order valence-corrected chi connectivity index (χ3v) is 12.1. The van der Waals surface area contributed by atoms with Crippen molar-refractivity contribution >= 4 is 69.7 Å². The Hall–Kier alpha value is -0.500. The van der Waals surface area contributed by atoms with E-state index in [2.05, 4.69) is 23.3 Å². The van der Waals surface area contributed by atoms with E-state index in [4.69, 9.17) is 0 Å². The van der Waals surface area contributed by atoms with Crippen LogP contribution in [0.2, 0.25) is 0 Å². The monoisotopic (exact) mass is 873 g/mol. The first-order chi connectivity index (χ1) is 27.0. The SMILES string of the molecule is CCCCCCCCCCCCCCCCC/C=C/S(=O)(=O)NCCC(=O)[O-].CCCCCCCCCCCCCCCCC/C=C/S(=O)(=O)NCCC(=O)[O-].[Ca+2]. The number of unbranched alkanes of at least 4 members (excludes halogenated alkanes) is 30. The molecule has 0 aliphatic carbocycles. The van der Waals surface area contributed by atoms with Crippen LogP contribution in [-0.2, 0) is 29.6 Å². The number of hydrogen-bond acceptors (Lipinski definition) is 8. The number of carbonyl (C=O) groups is 2. The van der Waals surface area contributed by atoms with Crippen LogP contribution in [0.5, 0.6) is 0 Å². The summed E-state index contributed by atoms with van der Waals surface area (Å²) in [6.45, 7) is 4.26. The van der Waals surface area contributed by atoms with Crippen molar-refractivity contribution in [3.8, 4) is 0 Å². The van der Waals surface area contributed by atoms with Gasteiger partial charge in [-0.3, -0.25) is 0 Å². The summed E-state index contributed by atoms with van der Waals surface area (Å²) in [7, 11) is -7.04. The predicted molar refractivity (Wildman–Crippen MR) is 236 cm³/mol. The molecule has 0 fully saturated rings. The molecule has 0 aromatic carbocycles. The van der Waals surface area contributed by atoms with Gasteiger partial charge in [-0.15, -0.1) is 0 Å².